The van der Waals surface area contributed by atoms with Crippen LogP contribution in [0, 0.1) is 0 Å². The van der Waals surface area contributed by atoms with Crippen LogP contribution in [-0.4, -0.2) is 6.61 Å². The Kier molecular flexibility index (Phi) is 6.79. The zero-order chi connectivity index (χ0) is 16.2. The number of fused-ring (bicyclic) bond motifs is 1. The third kappa shape index (κ3) is 4.15. The Morgan fingerprint density at radius 3 is 2.54 bits per heavy atom. The van der Waals surface area contributed by atoms with E-state index >= 15 is 0 Å². The molecule has 24 heavy (non-hydrogen) atoms. The second kappa shape index (κ2) is 8.61. The first-order valence-corrected chi connectivity index (χ1v) is 8.36. The van der Waals surface area contributed by atoms with Crippen molar-refractivity contribution in [3.63, 3.8) is 0 Å². The van der Waals surface area contributed by atoms with Gasteiger partial charge in [0.2, 0.25) is 0 Å². The molecule has 116 valence electrons. The maximum absolute atomic E-state index is 12.2. The van der Waals surface area contributed by atoms with E-state index in [1.807, 2.05) is 42.5 Å². The van der Waals surface area contributed by atoms with Crippen molar-refractivity contribution in [2.75, 3.05) is 6.61 Å². The summed E-state index contributed by atoms with van der Waals surface area (Å²) in [4.78, 5) is 0. The Labute approximate surface area is 163 Å². The molecule has 0 N–H and O–H groups in total. The van der Waals surface area contributed by atoms with Crippen LogP contribution in [0.3, 0.4) is 0 Å². The van der Waals surface area contributed by atoms with Gasteiger partial charge in [0.15, 0.2) is 5.75 Å². The molecule has 3 aromatic carbocycles. The third-order valence-corrected chi connectivity index (χ3v) is 4.27. The van der Waals surface area contributed by atoms with Crippen molar-refractivity contribution in [3.8, 4) is 22.6 Å². The molecular formula is C18H15NaO4P+. The maximum atomic E-state index is 12.2. The standard InChI is InChI=1S/C18H15O4P.Na/c1-2-21-23(20)22-18-11-10-14(12-17(18)19)16-9-5-7-13-6-3-4-8-15(13)16;/h3-12H,2H2,1H3;/q;+1. The minimum atomic E-state index is -2.32. The SMILES string of the molecule is CCO[P+](=O)Oc1ccc(-c2cccc3ccccc23)cc1[O-].[Na+]. The first kappa shape index (κ1) is 18.9. The summed E-state index contributed by atoms with van der Waals surface area (Å²) < 4.78 is 21.3. The number of benzene rings is 3. The summed E-state index contributed by atoms with van der Waals surface area (Å²) in [5.41, 5.74) is 1.77. The molecule has 6 heteroatoms. The largest absolute Gasteiger partial charge is 1.00 e. The number of hydrogen-bond donors (Lipinski definition) is 0. The van der Waals surface area contributed by atoms with Crippen LogP contribution in [-0.2, 0) is 9.09 Å². The summed E-state index contributed by atoms with van der Waals surface area (Å²) in [7, 11) is -2.32. The zero-order valence-corrected chi connectivity index (χ0v) is 16.5. The Balaban J connectivity index is 0.00000208. The van der Waals surface area contributed by atoms with Gasteiger partial charge in [-0.15, -0.1) is 4.52 Å². The summed E-state index contributed by atoms with van der Waals surface area (Å²) in [5.74, 6) is -0.290. The van der Waals surface area contributed by atoms with Crippen LogP contribution < -0.4 is 39.2 Å². The fourth-order valence-corrected chi connectivity index (χ4v) is 3.02. The van der Waals surface area contributed by atoms with Gasteiger partial charge in [0.1, 0.15) is 6.61 Å². The molecule has 0 aliphatic carbocycles. The van der Waals surface area contributed by atoms with E-state index in [2.05, 4.69) is 0 Å². The van der Waals surface area contributed by atoms with Crippen LogP contribution in [0.25, 0.3) is 21.9 Å². The number of rotatable bonds is 5. The van der Waals surface area contributed by atoms with Gasteiger partial charge in [0, 0.05) is 4.57 Å². The van der Waals surface area contributed by atoms with Crippen molar-refractivity contribution in [3.05, 3.63) is 60.7 Å². The molecule has 0 saturated carbocycles. The van der Waals surface area contributed by atoms with E-state index in [0.29, 0.717) is 0 Å². The van der Waals surface area contributed by atoms with Gasteiger partial charge in [0.25, 0.3) is 0 Å². The van der Waals surface area contributed by atoms with Crippen LogP contribution in [0.15, 0.2) is 60.7 Å². The van der Waals surface area contributed by atoms with Gasteiger partial charge in [-0.2, -0.15) is 0 Å². The minimum absolute atomic E-state index is 0. The topological polar surface area (TPSA) is 58.6 Å². The van der Waals surface area contributed by atoms with E-state index in [1.165, 1.54) is 12.1 Å². The van der Waals surface area contributed by atoms with Crippen molar-refractivity contribution < 1.29 is 48.3 Å². The smallest absolute Gasteiger partial charge is 0.870 e. The fraction of sp³-hybridized carbons (Fsp3) is 0.111. The third-order valence-electron chi connectivity index (χ3n) is 3.45. The van der Waals surface area contributed by atoms with Gasteiger partial charge < -0.3 is 5.11 Å². The molecule has 0 bridgehead atoms. The van der Waals surface area contributed by atoms with Gasteiger partial charge in [-0.1, -0.05) is 60.3 Å². The van der Waals surface area contributed by atoms with Gasteiger partial charge in [-0.05, 0) is 34.9 Å². The Hall–Kier alpha value is -1.42. The van der Waals surface area contributed by atoms with E-state index in [9.17, 15) is 9.67 Å². The average Bonchev–Trinajstić information content (AvgIpc) is 2.56. The summed E-state index contributed by atoms with van der Waals surface area (Å²) >= 11 is 0. The molecule has 0 aliphatic rings. The van der Waals surface area contributed by atoms with Crippen molar-refractivity contribution in [2.45, 2.75) is 6.92 Å². The first-order chi connectivity index (χ1) is 11.2. The molecule has 0 radical (unpaired) electrons. The zero-order valence-electron chi connectivity index (χ0n) is 13.6. The molecule has 0 spiro atoms. The fourth-order valence-electron chi connectivity index (χ4n) is 2.44. The van der Waals surface area contributed by atoms with Crippen molar-refractivity contribution in [1.29, 1.82) is 0 Å². The van der Waals surface area contributed by atoms with E-state index in [1.54, 1.807) is 13.0 Å². The Morgan fingerprint density at radius 2 is 1.79 bits per heavy atom. The molecule has 1 atom stereocenters. The molecular weight excluding hydrogens is 334 g/mol. The van der Waals surface area contributed by atoms with Gasteiger partial charge >= 0.3 is 37.8 Å². The Bertz CT molecular complexity index is 861. The predicted molar refractivity (Wildman–Crippen MR) is 88.7 cm³/mol. The van der Waals surface area contributed by atoms with Crippen LogP contribution in [0.2, 0.25) is 0 Å². The van der Waals surface area contributed by atoms with Crippen molar-refractivity contribution in [1.82, 2.24) is 0 Å². The first-order valence-electron chi connectivity index (χ1n) is 7.26. The summed E-state index contributed by atoms with van der Waals surface area (Å²) in [6, 6.07) is 18.8. The normalized spacial score (nSPS) is 11.0. The summed E-state index contributed by atoms with van der Waals surface area (Å²) in [6.07, 6.45) is 0. The molecule has 1 unspecified atom stereocenters. The minimum Gasteiger partial charge on any atom is -0.870 e. The van der Waals surface area contributed by atoms with Crippen LogP contribution >= 0.6 is 8.25 Å². The molecule has 3 rings (SSSR count). The average molecular weight is 349 g/mol. The Morgan fingerprint density at radius 1 is 1.04 bits per heavy atom. The predicted octanol–water partition coefficient (Wildman–Crippen LogP) is 1.66. The van der Waals surface area contributed by atoms with Crippen LogP contribution in [0.4, 0.5) is 0 Å². The van der Waals surface area contributed by atoms with Gasteiger partial charge in [-0.3, -0.25) is 0 Å². The van der Waals surface area contributed by atoms with E-state index in [-0.39, 0.29) is 47.7 Å². The summed E-state index contributed by atoms with van der Waals surface area (Å²) in [5, 5.41) is 14.4. The number of hydrogen-bond acceptors (Lipinski definition) is 4. The molecule has 0 fully saturated rings. The molecule has 0 aromatic heterocycles. The molecule has 0 saturated heterocycles. The van der Waals surface area contributed by atoms with Crippen molar-refractivity contribution >= 4 is 19.0 Å². The molecule has 0 amide bonds. The van der Waals surface area contributed by atoms with Gasteiger partial charge in [0.05, 0.1) is 0 Å². The monoisotopic (exact) mass is 349 g/mol. The summed E-state index contributed by atoms with van der Waals surface area (Å²) in [6.45, 7) is 1.97. The molecule has 0 aliphatic heterocycles. The molecule has 4 nitrogen and oxygen atoms in total. The quantitative estimate of drug-likeness (QED) is 0.519. The molecule has 3 aromatic rings. The second-order valence-electron chi connectivity index (χ2n) is 4.92. The van der Waals surface area contributed by atoms with E-state index in [0.717, 1.165) is 21.9 Å². The molecule has 0 heterocycles. The van der Waals surface area contributed by atoms with Crippen molar-refractivity contribution in [2.24, 2.45) is 0 Å². The van der Waals surface area contributed by atoms with Gasteiger partial charge in [-0.25, -0.2) is 4.52 Å². The second-order valence-corrected chi connectivity index (χ2v) is 5.81. The van der Waals surface area contributed by atoms with Crippen LogP contribution in [0.5, 0.6) is 11.5 Å². The van der Waals surface area contributed by atoms with Crippen LogP contribution in [0.1, 0.15) is 6.92 Å². The van der Waals surface area contributed by atoms with E-state index in [4.69, 9.17) is 9.05 Å². The van der Waals surface area contributed by atoms with E-state index < -0.39 is 8.25 Å². The maximum Gasteiger partial charge on any atom is 1.00 e.